The first-order valence-electron chi connectivity index (χ1n) is 5.79. The average Bonchev–Trinajstić information content (AvgIpc) is 2.36. The molecule has 0 saturated carbocycles. The van der Waals surface area contributed by atoms with Crippen LogP contribution in [0.5, 0.6) is 0 Å². The van der Waals surface area contributed by atoms with Crippen molar-refractivity contribution < 1.29 is 9.59 Å². The molecule has 94 valence electrons. The normalized spacial score (nSPS) is 17.2. The molecule has 1 heterocycles. The maximum atomic E-state index is 11.3. The van der Waals surface area contributed by atoms with E-state index in [9.17, 15) is 9.59 Å². The van der Waals surface area contributed by atoms with E-state index >= 15 is 0 Å². The molecule has 1 rings (SSSR count). The van der Waals surface area contributed by atoms with Gasteiger partial charge in [0.2, 0.25) is 5.91 Å². The van der Waals surface area contributed by atoms with Crippen molar-refractivity contribution in [2.45, 2.75) is 19.3 Å². The van der Waals surface area contributed by atoms with Gasteiger partial charge in [0.1, 0.15) is 0 Å². The van der Waals surface area contributed by atoms with E-state index in [0.717, 1.165) is 25.9 Å². The summed E-state index contributed by atoms with van der Waals surface area (Å²) in [7, 11) is 1.47. The molecule has 0 radical (unpaired) electrons. The summed E-state index contributed by atoms with van der Waals surface area (Å²) in [6.07, 6.45) is 2.05. The van der Waals surface area contributed by atoms with Crippen molar-refractivity contribution in [2.75, 3.05) is 26.7 Å². The average molecular weight is 238 g/mol. The minimum atomic E-state index is -0.474. The van der Waals surface area contributed by atoms with E-state index in [0.29, 0.717) is 13.0 Å². The molecule has 1 saturated heterocycles. The molecule has 0 spiro atoms. The number of rotatable bonds is 3. The van der Waals surface area contributed by atoms with Crippen LogP contribution in [0.1, 0.15) is 19.3 Å². The molecule has 6 nitrogen and oxygen atoms in total. The molecule has 17 heavy (non-hydrogen) atoms. The van der Waals surface area contributed by atoms with Crippen LogP contribution < -0.4 is 10.6 Å². The Morgan fingerprint density at radius 1 is 1.41 bits per heavy atom. The minimum absolute atomic E-state index is 0.158. The predicted molar refractivity (Wildman–Crippen MR) is 62.0 cm³/mol. The molecular weight excluding hydrogens is 220 g/mol. The first-order valence-corrected chi connectivity index (χ1v) is 5.79. The Bertz CT molecular complexity index is 316. The summed E-state index contributed by atoms with van der Waals surface area (Å²) in [5.41, 5.74) is 0. The number of hydrogen-bond donors (Lipinski definition) is 2. The summed E-state index contributed by atoms with van der Waals surface area (Å²) in [6.45, 7) is 2.35. The summed E-state index contributed by atoms with van der Waals surface area (Å²) >= 11 is 0. The number of urea groups is 1. The Kier molecular flexibility index (Phi) is 5.43. The van der Waals surface area contributed by atoms with E-state index in [1.165, 1.54) is 7.05 Å². The van der Waals surface area contributed by atoms with Gasteiger partial charge in [-0.1, -0.05) is 0 Å². The quantitative estimate of drug-likeness (QED) is 0.728. The zero-order valence-corrected chi connectivity index (χ0v) is 10.0. The highest BCUT2D eigenvalue weighted by molar-refractivity contribution is 5.94. The van der Waals surface area contributed by atoms with Gasteiger partial charge in [0.05, 0.1) is 6.07 Å². The predicted octanol–water partition coefficient (Wildman–Crippen LogP) is 0.0677. The van der Waals surface area contributed by atoms with E-state index in [-0.39, 0.29) is 11.8 Å². The van der Waals surface area contributed by atoms with Crippen LogP contribution in [0.2, 0.25) is 0 Å². The van der Waals surface area contributed by atoms with E-state index in [1.807, 2.05) is 0 Å². The van der Waals surface area contributed by atoms with Crippen LogP contribution in [-0.2, 0) is 4.79 Å². The first-order chi connectivity index (χ1) is 8.15. The molecule has 1 fully saturated rings. The Morgan fingerprint density at radius 2 is 2.06 bits per heavy atom. The second-order valence-electron chi connectivity index (χ2n) is 4.12. The fraction of sp³-hybridized carbons (Fsp3) is 0.727. The van der Waals surface area contributed by atoms with E-state index < -0.39 is 6.03 Å². The standard InChI is InChI=1S/C11H18N4O2/c1-13-11(17)14-10(16)4-7-15-5-2-9(8-12)3-6-15/h9H,2-7H2,1H3,(H2,13,14,16,17). The number of imide groups is 1. The van der Waals surface area contributed by atoms with Gasteiger partial charge in [-0.15, -0.1) is 0 Å². The fourth-order valence-corrected chi connectivity index (χ4v) is 1.80. The van der Waals surface area contributed by atoms with Gasteiger partial charge in [0, 0.05) is 25.9 Å². The smallest absolute Gasteiger partial charge is 0.321 e. The molecule has 0 aromatic rings. The van der Waals surface area contributed by atoms with Gasteiger partial charge in [0.25, 0.3) is 0 Å². The zero-order chi connectivity index (χ0) is 12.7. The minimum Gasteiger partial charge on any atom is -0.341 e. The summed E-state index contributed by atoms with van der Waals surface area (Å²) in [5, 5.41) is 13.3. The molecule has 0 bridgehead atoms. The second kappa shape index (κ2) is 6.86. The van der Waals surface area contributed by atoms with Crippen LogP contribution in [0, 0.1) is 17.2 Å². The van der Waals surface area contributed by atoms with Crippen LogP contribution >= 0.6 is 0 Å². The number of nitrogens with one attached hydrogen (secondary N) is 2. The van der Waals surface area contributed by atoms with Crippen molar-refractivity contribution in [3.63, 3.8) is 0 Å². The van der Waals surface area contributed by atoms with Crippen LogP contribution in [0.25, 0.3) is 0 Å². The number of hydrogen-bond acceptors (Lipinski definition) is 4. The van der Waals surface area contributed by atoms with E-state index in [1.54, 1.807) is 0 Å². The molecule has 2 N–H and O–H groups in total. The van der Waals surface area contributed by atoms with Crippen molar-refractivity contribution in [3.05, 3.63) is 0 Å². The van der Waals surface area contributed by atoms with Crippen LogP contribution in [0.3, 0.4) is 0 Å². The Labute approximate surface area is 101 Å². The molecule has 0 unspecified atom stereocenters. The lowest BCUT2D eigenvalue weighted by atomic mass is 9.98. The summed E-state index contributed by atoms with van der Waals surface area (Å²) < 4.78 is 0. The third-order valence-electron chi connectivity index (χ3n) is 2.91. The molecule has 0 atom stereocenters. The van der Waals surface area contributed by atoms with Gasteiger partial charge in [-0.05, 0) is 25.9 Å². The Balaban J connectivity index is 2.17. The van der Waals surface area contributed by atoms with Crippen molar-refractivity contribution in [3.8, 4) is 6.07 Å². The monoisotopic (exact) mass is 238 g/mol. The van der Waals surface area contributed by atoms with Crippen molar-refractivity contribution in [1.82, 2.24) is 15.5 Å². The van der Waals surface area contributed by atoms with Gasteiger partial charge >= 0.3 is 6.03 Å². The highest BCUT2D eigenvalue weighted by Crippen LogP contribution is 2.15. The molecule has 1 aliphatic heterocycles. The zero-order valence-electron chi connectivity index (χ0n) is 10.0. The highest BCUT2D eigenvalue weighted by atomic mass is 16.2. The second-order valence-corrected chi connectivity index (χ2v) is 4.12. The van der Waals surface area contributed by atoms with Crippen molar-refractivity contribution >= 4 is 11.9 Å². The lowest BCUT2D eigenvalue weighted by molar-refractivity contribution is -0.120. The number of piperidine rings is 1. The van der Waals surface area contributed by atoms with Gasteiger partial charge in [-0.2, -0.15) is 5.26 Å². The molecular formula is C11H18N4O2. The molecule has 0 aliphatic carbocycles. The number of amides is 3. The molecule has 6 heteroatoms. The summed E-state index contributed by atoms with van der Waals surface area (Å²) in [4.78, 5) is 24.3. The first kappa shape index (κ1) is 13.5. The number of likely N-dealkylation sites (tertiary alicyclic amines) is 1. The largest absolute Gasteiger partial charge is 0.341 e. The highest BCUT2D eigenvalue weighted by Gasteiger charge is 2.19. The molecule has 0 aromatic carbocycles. The number of carbonyl (C=O) groups is 2. The summed E-state index contributed by atoms with van der Waals surface area (Å²) in [6, 6.07) is 1.79. The molecule has 1 aliphatic rings. The van der Waals surface area contributed by atoms with E-state index in [2.05, 4.69) is 21.6 Å². The third-order valence-corrected chi connectivity index (χ3v) is 2.91. The van der Waals surface area contributed by atoms with Crippen LogP contribution in [-0.4, -0.2) is 43.5 Å². The maximum Gasteiger partial charge on any atom is 0.321 e. The summed E-state index contributed by atoms with van der Waals surface area (Å²) in [5.74, 6) is -0.113. The van der Waals surface area contributed by atoms with Crippen molar-refractivity contribution in [2.24, 2.45) is 5.92 Å². The Morgan fingerprint density at radius 3 is 2.59 bits per heavy atom. The van der Waals surface area contributed by atoms with Crippen LogP contribution in [0.4, 0.5) is 4.79 Å². The van der Waals surface area contributed by atoms with Crippen LogP contribution in [0.15, 0.2) is 0 Å². The van der Waals surface area contributed by atoms with Gasteiger partial charge in [-0.3, -0.25) is 10.1 Å². The van der Waals surface area contributed by atoms with E-state index in [4.69, 9.17) is 5.26 Å². The van der Waals surface area contributed by atoms with Crippen molar-refractivity contribution in [1.29, 1.82) is 5.26 Å². The fourth-order valence-electron chi connectivity index (χ4n) is 1.80. The Hall–Kier alpha value is -1.61. The van der Waals surface area contributed by atoms with Gasteiger partial charge in [-0.25, -0.2) is 4.79 Å². The maximum absolute atomic E-state index is 11.3. The third kappa shape index (κ3) is 4.83. The number of nitriles is 1. The topological polar surface area (TPSA) is 85.2 Å². The number of nitrogens with zero attached hydrogens (tertiary/aromatic N) is 2. The SMILES string of the molecule is CNC(=O)NC(=O)CCN1CCC(C#N)CC1. The number of carbonyl (C=O) groups excluding carboxylic acids is 2. The lowest BCUT2D eigenvalue weighted by Gasteiger charge is -2.28. The van der Waals surface area contributed by atoms with Gasteiger partial charge < -0.3 is 10.2 Å². The lowest BCUT2D eigenvalue weighted by Crippen LogP contribution is -2.40. The molecule has 0 aromatic heterocycles. The van der Waals surface area contributed by atoms with Gasteiger partial charge in [0.15, 0.2) is 0 Å². The molecule has 3 amide bonds.